The van der Waals surface area contributed by atoms with Crippen molar-refractivity contribution in [1.82, 2.24) is 0 Å². The first kappa shape index (κ1) is 12.3. The van der Waals surface area contributed by atoms with E-state index in [9.17, 15) is 0 Å². The largest absolute Gasteiger partial charge is 0.379 e. The van der Waals surface area contributed by atoms with Crippen LogP contribution in [0.15, 0.2) is 0 Å². The third-order valence-corrected chi connectivity index (χ3v) is 2.44. The summed E-state index contributed by atoms with van der Waals surface area (Å²) < 4.78 is 26.6. The van der Waals surface area contributed by atoms with E-state index in [1.54, 1.807) is 0 Å². The van der Waals surface area contributed by atoms with Gasteiger partial charge in [-0.1, -0.05) is 0 Å². The number of hydrogen-bond donors (Lipinski definition) is 0. The highest BCUT2D eigenvalue weighted by Crippen LogP contribution is 2.12. The van der Waals surface area contributed by atoms with Crippen LogP contribution in [0.2, 0.25) is 0 Å². The lowest BCUT2D eigenvalue weighted by atomic mass is 10.4. The zero-order valence-electron chi connectivity index (χ0n) is 9.72. The van der Waals surface area contributed by atoms with Crippen LogP contribution in [-0.4, -0.2) is 64.6 Å². The summed E-state index contributed by atoms with van der Waals surface area (Å²) in [6, 6.07) is 0. The molecule has 94 valence electrons. The topological polar surface area (TPSA) is 52.8 Å². The van der Waals surface area contributed by atoms with Gasteiger partial charge < -0.3 is 23.7 Å². The second kappa shape index (κ2) is 6.51. The first-order valence-electron chi connectivity index (χ1n) is 5.88. The summed E-state index contributed by atoms with van der Waals surface area (Å²) in [5.74, 6) is 0. The van der Waals surface area contributed by atoms with Crippen molar-refractivity contribution in [1.29, 1.82) is 0 Å². The molecule has 0 amide bonds. The second-order valence-electron chi connectivity index (χ2n) is 4.06. The van der Waals surface area contributed by atoms with Crippen LogP contribution in [0.4, 0.5) is 0 Å². The van der Waals surface area contributed by atoms with Gasteiger partial charge in [0.25, 0.3) is 0 Å². The molecule has 5 heteroatoms. The number of hydrogen-bond acceptors (Lipinski definition) is 5. The molecule has 2 heterocycles. The fraction of sp³-hybridized carbons (Fsp3) is 1.00. The summed E-state index contributed by atoms with van der Waals surface area (Å²) in [7, 11) is 0. The molecule has 0 saturated carbocycles. The molecule has 5 nitrogen and oxygen atoms in total. The predicted molar refractivity (Wildman–Crippen MR) is 56.5 cm³/mol. The molecule has 0 N–H and O–H groups in total. The molecule has 0 aromatic carbocycles. The van der Waals surface area contributed by atoms with Crippen molar-refractivity contribution in [3.63, 3.8) is 0 Å². The van der Waals surface area contributed by atoms with Gasteiger partial charge in [0.1, 0.15) is 18.3 Å². The van der Waals surface area contributed by atoms with Gasteiger partial charge in [-0.25, -0.2) is 0 Å². The van der Waals surface area contributed by atoms with E-state index in [4.69, 9.17) is 23.7 Å². The molecule has 2 saturated heterocycles. The molecule has 0 bridgehead atoms. The molecule has 16 heavy (non-hydrogen) atoms. The Morgan fingerprint density at radius 2 is 1.69 bits per heavy atom. The normalized spacial score (nSPS) is 29.1. The van der Waals surface area contributed by atoms with Gasteiger partial charge in [0.2, 0.25) is 0 Å². The molecule has 2 rings (SSSR count). The minimum absolute atomic E-state index is 0.00269. The molecule has 2 fully saturated rings. The summed E-state index contributed by atoms with van der Waals surface area (Å²) in [5.41, 5.74) is 0. The highest BCUT2D eigenvalue weighted by Gasteiger charge is 2.26. The molecule has 2 aliphatic heterocycles. The molecule has 0 radical (unpaired) electrons. The van der Waals surface area contributed by atoms with E-state index in [1.165, 1.54) is 0 Å². The van der Waals surface area contributed by atoms with E-state index >= 15 is 0 Å². The van der Waals surface area contributed by atoms with Crippen LogP contribution in [0.3, 0.4) is 0 Å². The maximum absolute atomic E-state index is 5.65. The number of rotatable bonds is 10. The van der Waals surface area contributed by atoms with Crippen molar-refractivity contribution in [3.8, 4) is 0 Å². The van der Waals surface area contributed by atoms with E-state index < -0.39 is 0 Å². The quantitative estimate of drug-likeness (QED) is 0.504. The van der Waals surface area contributed by atoms with Crippen LogP contribution in [0.1, 0.15) is 6.92 Å². The molecular formula is C11H20O5. The molecule has 2 aliphatic rings. The number of ether oxygens (including phenoxy) is 5. The average Bonchev–Trinajstić information content (AvgIpc) is 3.15. The van der Waals surface area contributed by atoms with Gasteiger partial charge in [0, 0.05) is 6.61 Å². The fourth-order valence-electron chi connectivity index (χ4n) is 1.30. The molecule has 0 aromatic heterocycles. The maximum Gasteiger partial charge on any atom is 0.104 e. The van der Waals surface area contributed by atoms with Crippen LogP contribution in [0.5, 0.6) is 0 Å². The minimum Gasteiger partial charge on any atom is -0.379 e. The highest BCUT2D eigenvalue weighted by atomic mass is 16.6. The van der Waals surface area contributed by atoms with Gasteiger partial charge in [0.15, 0.2) is 0 Å². The number of epoxide rings is 2. The van der Waals surface area contributed by atoms with Crippen LogP contribution in [0, 0.1) is 0 Å². The van der Waals surface area contributed by atoms with Gasteiger partial charge in [-0.05, 0) is 6.92 Å². The zero-order chi connectivity index (χ0) is 11.2. The van der Waals surface area contributed by atoms with Crippen molar-refractivity contribution in [2.45, 2.75) is 25.2 Å². The van der Waals surface area contributed by atoms with Gasteiger partial charge in [-0.15, -0.1) is 0 Å². The van der Waals surface area contributed by atoms with Gasteiger partial charge in [-0.2, -0.15) is 0 Å². The van der Waals surface area contributed by atoms with Crippen LogP contribution in [0.25, 0.3) is 0 Å². The fourth-order valence-corrected chi connectivity index (χ4v) is 1.30. The van der Waals surface area contributed by atoms with Crippen LogP contribution in [-0.2, 0) is 23.7 Å². The van der Waals surface area contributed by atoms with Gasteiger partial charge >= 0.3 is 0 Å². The lowest BCUT2D eigenvalue weighted by Gasteiger charge is -2.17. The Bertz CT molecular complexity index is 191. The first-order chi connectivity index (χ1) is 7.88. The Morgan fingerprint density at radius 3 is 2.31 bits per heavy atom. The molecule has 0 aliphatic carbocycles. The Hall–Kier alpha value is -0.200. The van der Waals surface area contributed by atoms with Gasteiger partial charge in [0.05, 0.1) is 39.6 Å². The van der Waals surface area contributed by atoms with Crippen molar-refractivity contribution >= 4 is 0 Å². The molecule has 0 spiro atoms. The zero-order valence-corrected chi connectivity index (χ0v) is 9.72. The molecule has 3 atom stereocenters. The standard InChI is InChI=1S/C11H20O5/c1-2-12-3-9(14-7-11-8-16-11)4-13-5-10-6-15-10/h9-11H,2-8H2,1H3. The summed E-state index contributed by atoms with van der Waals surface area (Å²) in [5, 5.41) is 0. The summed E-state index contributed by atoms with van der Waals surface area (Å²) in [6.45, 7) is 6.75. The van der Waals surface area contributed by atoms with Crippen LogP contribution < -0.4 is 0 Å². The lowest BCUT2D eigenvalue weighted by molar-refractivity contribution is -0.0629. The summed E-state index contributed by atoms with van der Waals surface area (Å²) in [4.78, 5) is 0. The van der Waals surface area contributed by atoms with E-state index in [0.717, 1.165) is 13.2 Å². The molecule has 3 unspecified atom stereocenters. The van der Waals surface area contributed by atoms with Crippen molar-refractivity contribution in [2.75, 3.05) is 46.2 Å². The van der Waals surface area contributed by atoms with E-state index in [0.29, 0.717) is 39.1 Å². The molecule has 0 aromatic rings. The average molecular weight is 232 g/mol. The van der Waals surface area contributed by atoms with Crippen LogP contribution >= 0.6 is 0 Å². The second-order valence-corrected chi connectivity index (χ2v) is 4.06. The third kappa shape index (κ3) is 5.23. The minimum atomic E-state index is 0.00269. The SMILES string of the molecule is CCOCC(COCC1CO1)OCC1CO1. The predicted octanol–water partition coefficient (Wildman–Crippen LogP) is 0.222. The highest BCUT2D eigenvalue weighted by molar-refractivity contribution is 4.70. The molecular weight excluding hydrogens is 212 g/mol. The summed E-state index contributed by atoms with van der Waals surface area (Å²) >= 11 is 0. The Balaban J connectivity index is 1.54. The van der Waals surface area contributed by atoms with Crippen molar-refractivity contribution in [2.24, 2.45) is 0 Å². The van der Waals surface area contributed by atoms with Crippen molar-refractivity contribution in [3.05, 3.63) is 0 Å². The maximum atomic E-state index is 5.65. The summed E-state index contributed by atoms with van der Waals surface area (Å²) in [6.07, 6.45) is 0.596. The Kier molecular flexibility index (Phi) is 4.99. The lowest BCUT2D eigenvalue weighted by Crippen LogP contribution is -2.28. The first-order valence-corrected chi connectivity index (χ1v) is 5.88. The third-order valence-electron chi connectivity index (χ3n) is 2.44. The Labute approximate surface area is 95.9 Å². The Morgan fingerprint density at radius 1 is 1.06 bits per heavy atom. The van der Waals surface area contributed by atoms with E-state index in [-0.39, 0.29) is 12.2 Å². The van der Waals surface area contributed by atoms with E-state index in [1.807, 2.05) is 6.92 Å². The van der Waals surface area contributed by atoms with Crippen molar-refractivity contribution < 1.29 is 23.7 Å². The smallest absolute Gasteiger partial charge is 0.104 e. The monoisotopic (exact) mass is 232 g/mol. The van der Waals surface area contributed by atoms with Gasteiger partial charge in [-0.3, -0.25) is 0 Å². The van der Waals surface area contributed by atoms with E-state index in [2.05, 4.69) is 0 Å².